The SMILES string of the molecule is CCNC(c1cccc(F)c1)C(CC)(CC)N(C)C. The van der Waals surface area contributed by atoms with Crippen molar-refractivity contribution in [2.75, 3.05) is 20.6 Å². The lowest BCUT2D eigenvalue weighted by molar-refractivity contribution is 0.0887. The summed E-state index contributed by atoms with van der Waals surface area (Å²) >= 11 is 0. The van der Waals surface area contributed by atoms with Gasteiger partial charge in [0.1, 0.15) is 5.82 Å². The summed E-state index contributed by atoms with van der Waals surface area (Å²) in [6.45, 7) is 7.37. The molecule has 1 aromatic rings. The summed E-state index contributed by atoms with van der Waals surface area (Å²) in [5.74, 6) is -0.166. The predicted molar refractivity (Wildman–Crippen MR) is 79.8 cm³/mol. The van der Waals surface area contributed by atoms with Crippen LogP contribution in [0.25, 0.3) is 0 Å². The number of rotatable bonds is 7. The summed E-state index contributed by atoms with van der Waals surface area (Å²) in [5, 5.41) is 3.54. The molecule has 0 spiro atoms. The quantitative estimate of drug-likeness (QED) is 0.811. The van der Waals surface area contributed by atoms with Gasteiger partial charge < -0.3 is 10.2 Å². The van der Waals surface area contributed by atoms with E-state index in [1.165, 1.54) is 6.07 Å². The van der Waals surface area contributed by atoms with Crippen molar-refractivity contribution >= 4 is 0 Å². The number of nitrogens with zero attached hydrogens (tertiary/aromatic N) is 1. The Labute approximate surface area is 117 Å². The molecule has 1 rings (SSSR count). The van der Waals surface area contributed by atoms with Gasteiger partial charge >= 0.3 is 0 Å². The van der Waals surface area contributed by atoms with E-state index in [0.717, 1.165) is 24.9 Å². The summed E-state index contributed by atoms with van der Waals surface area (Å²) in [6.07, 6.45) is 2.04. The molecule has 0 saturated heterocycles. The highest BCUT2D eigenvalue weighted by molar-refractivity contribution is 5.24. The molecule has 2 nitrogen and oxygen atoms in total. The van der Waals surface area contributed by atoms with E-state index >= 15 is 0 Å². The molecule has 0 aliphatic heterocycles. The molecule has 0 saturated carbocycles. The number of nitrogens with one attached hydrogen (secondary N) is 1. The first-order chi connectivity index (χ1) is 9.01. The highest BCUT2D eigenvalue weighted by Crippen LogP contribution is 2.36. The number of benzene rings is 1. The maximum atomic E-state index is 13.5. The number of halogens is 1. The smallest absolute Gasteiger partial charge is 0.123 e. The molecular formula is C16H27FN2. The Bertz CT molecular complexity index is 386. The largest absolute Gasteiger partial charge is 0.309 e. The van der Waals surface area contributed by atoms with E-state index in [-0.39, 0.29) is 17.4 Å². The van der Waals surface area contributed by atoms with Crippen LogP contribution in [0, 0.1) is 5.82 Å². The maximum absolute atomic E-state index is 13.5. The molecule has 0 fully saturated rings. The molecule has 0 bridgehead atoms. The van der Waals surface area contributed by atoms with Crippen LogP contribution in [0.1, 0.15) is 45.2 Å². The fourth-order valence-corrected chi connectivity index (χ4v) is 3.06. The first-order valence-corrected chi connectivity index (χ1v) is 7.18. The van der Waals surface area contributed by atoms with Crippen molar-refractivity contribution in [3.05, 3.63) is 35.6 Å². The van der Waals surface area contributed by atoms with Gasteiger partial charge in [0.2, 0.25) is 0 Å². The topological polar surface area (TPSA) is 15.3 Å². The molecule has 0 aromatic heterocycles. The second-order valence-corrected chi connectivity index (χ2v) is 5.25. The molecule has 0 aliphatic carbocycles. The first-order valence-electron chi connectivity index (χ1n) is 7.18. The number of hydrogen-bond acceptors (Lipinski definition) is 2. The average molecular weight is 266 g/mol. The van der Waals surface area contributed by atoms with Crippen LogP contribution < -0.4 is 5.32 Å². The van der Waals surface area contributed by atoms with Gasteiger partial charge in [-0.05, 0) is 51.2 Å². The van der Waals surface area contributed by atoms with Crippen molar-refractivity contribution in [3.63, 3.8) is 0 Å². The Morgan fingerprint density at radius 1 is 1.21 bits per heavy atom. The van der Waals surface area contributed by atoms with E-state index in [9.17, 15) is 4.39 Å². The second-order valence-electron chi connectivity index (χ2n) is 5.25. The zero-order valence-corrected chi connectivity index (χ0v) is 12.8. The van der Waals surface area contributed by atoms with E-state index in [1.807, 2.05) is 6.07 Å². The number of likely N-dealkylation sites (N-methyl/N-ethyl adjacent to an activating group) is 2. The third-order valence-electron chi connectivity index (χ3n) is 4.24. The summed E-state index contributed by atoms with van der Waals surface area (Å²) in [4.78, 5) is 2.27. The van der Waals surface area contributed by atoms with Gasteiger partial charge in [-0.2, -0.15) is 0 Å². The van der Waals surface area contributed by atoms with Crippen LogP contribution >= 0.6 is 0 Å². The Kier molecular flexibility index (Phi) is 5.95. The van der Waals surface area contributed by atoms with E-state index < -0.39 is 0 Å². The molecule has 3 heteroatoms. The third-order valence-corrected chi connectivity index (χ3v) is 4.24. The molecule has 1 atom stereocenters. The average Bonchev–Trinajstić information content (AvgIpc) is 2.39. The van der Waals surface area contributed by atoms with Gasteiger partial charge in [0.15, 0.2) is 0 Å². The summed E-state index contributed by atoms with van der Waals surface area (Å²) < 4.78 is 13.5. The highest BCUT2D eigenvalue weighted by atomic mass is 19.1. The lowest BCUT2D eigenvalue weighted by atomic mass is 9.79. The van der Waals surface area contributed by atoms with Crippen LogP contribution in [0.15, 0.2) is 24.3 Å². The van der Waals surface area contributed by atoms with Crippen molar-refractivity contribution in [2.24, 2.45) is 0 Å². The van der Waals surface area contributed by atoms with Gasteiger partial charge in [0.05, 0.1) is 6.04 Å². The van der Waals surface area contributed by atoms with Gasteiger partial charge in [0, 0.05) is 5.54 Å². The summed E-state index contributed by atoms with van der Waals surface area (Å²) in [7, 11) is 4.22. The van der Waals surface area contributed by atoms with Crippen molar-refractivity contribution in [1.29, 1.82) is 0 Å². The van der Waals surface area contributed by atoms with Gasteiger partial charge in [-0.3, -0.25) is 0 Å². The van der Waals surface area contributed by atoms with E-state index in [2.05, 4.69) is 45.1 Å². The Balaban J connectivity index is 3.24. The molecule has 19 heavy (non-hydrogen) atoms. The van der Waals surface area contributed by atoms with Crippen LogP contribution in [-0.4, -0.2) is 31.1 Å². The van der Waals surface area contributed by atoms with Crippen molar-refractivity contribution in [2.45, 2.75) is 45.2 Å². The lowest BCUT2D eigenvalue weighted by Gasteiger charge is -2.45. The standard InChI is InChI=1S/C16H27FN2/c1-6-16(7-2,19(4)5)15(18-8-3)13-10-9-11-14(17)12-13/h9-12,15,18H,6-8H2,1-5H3. The normalized spacial score (nSPS) is 13.8. The van der Waals surface area contributed by atoms with E-state index in [4.69, 9.17) is 0 Å². The van der Waals surface area contributed by atoms with Gasteiger partial charge in [0.25, 0.3) is 0 Å². The second kappa shape index (κ2) is 7.01. The molecule has 1 N–H and O–H groups in total. The molecular weight excluding hydrogens is 239 g/mol. The predicted octanol–water partition coefficient (Wildman–Crippen LogP) is 3.60. The van der Waals surface area contributed by atoms with Crippen LogP contribution in [0.3, 0.4) is 0 Å². The van der Waals surface area contributed by atoms with Crippen LogP contribution in [0.5, 0.6) is 0 Å². The molecule has 0 heterocycles. The van der Waals surface area contributed by atoms with Gasteiger partial charge in [-0.1, -0.05) is 32.9 Å². The van der Waals surface area contributed by atoms with E-state index in [1.54, 1.807) is 12.1 Å². The van der Waals surface area contributed by atoms with Gasteiger partial charge in [-0.15, -0.1) is 0 Å². The van der Waals surface area contributed by atoms with Crippen molar-refractivity contribution < 1.29 is 4.39 Å². The molecule has 108 valence electrons. The van der Waals surface area contributed by atoms with Crippen LogP contribution in [0.2, 0.25) is 0 Å². The van der Waals surface area contributed by atoms with Crippen LogP contribution in [-0.2, 0) is 0 Å². The fourth-order valence-electron chi connectivity index (χ4n) is 3.06. The molecule has 1 unspecified atom stereocenters. The monoisotopic (exact) mass is 266 g/mol. The Morgan fingerprint density at radius 2 is 1.84 bits per heavy atom. The zero-order chi connectivity index (χ0) is 14.5. The summed E-state index contributed by atoms with van der Waals surface area (Å²) in [6, 6.07) is 7.09. The lowest BCUT2D eigenvalue weighted by Crippen LogP contribution is -2.53. The van der Waals surface area contributed by atoms with Crippen molar-refractivity contribution in [1.82, 2.24) is 10.2 Å². The van der Waals surface area contributed by atoms with Crippen molar-refractivity contribution in [3.8, 4) is 0 Å². The Morgan fingerprint density at radius 3 is 2.26 bits per heavy atom. The fraction of sp³-hybridized carbons (Fsp3) is 0.625. The first kappa shape index (κ1) is 16.1. The number of hydrogen-bond donors (Lipinski definition) is 1. The van der Waals surface area contributed by atoms with Crippen LogP contribution in [0.4, 0.5) is 4.39 Å². The van der Waals surface area contributed by atoms with Gasteiger partial charge in [-0.25, -0.2) is 4.39 Å². The minimum Gasteiger partial charge on any atom is -0.309 e. The molecule has 0 amide bonds. The maximum Gasteiger partial charge on any atom is 0.123 e. The molecule has 0 aliphatic rings. The zero-order valence-electron chi connectivity index (χ0n) is 12.8. The minimum absolute atomic E-state index is 0.00377. The molecule has 1 aromatic carbocycles. The minimum atomic E-state index is -0.166. The third kappa shape index (κ3) is 3.34. The molecule has 0 radical (unpaired) electrons. The summed E-state index contributed by atoms with van der Waals surface area (Å²) in [5.41, 5.74) is 1.03. The Hall–Kier alpha value is -0.930. The van der Waals surface area contributed by atoms with E-state index in [0.29, 0.717) is 0 Å². The highest BCUT2D eigenvalue weighted by Gasteiger charge is 2.38.